The van der Waals surface area contributed by atoms with Crippen molar-refractivity contribution in [1.29, 1.82) is 0 Å². The molecular formula is C13H21N3O2S2. The Bertz CT molecular complexity index is 468. The number of esters is 1. The maximum absolute atomic E-state index is 12.0. The van der Waals surface area contributed by atoms with E-state index in [1.54, 1.807) is 18.7 Å². The molecule has 1 aromatic heterocycles. The largest absolute Gasteiger partial charge is 0.462 e. The number of hydrogen-bond donors (Lipinski definition) is 2. The predicted molar refractivity (Wildman–Crippen MR) is 86.2 cm³/mol. The zero-order valence-electron chi connectivity index (χ0n) is 11.9. The zero-order chi connectivity index (χ0) is 14.5. The Morgan fingerprint density at radius 3 is 3.00 bits per heavy atom. The van der Waals surface area contributed by atoms with Gasteiger partial charge in [-0.15, -0.1) is 23.1 Å². The number of nitrogens with two attached hydrogens (primary N) is 1. The molecule has 0 saturated carbocycles. The first-order valence-electron chi connectivity index (χ1n) is 6.78. The van der Waals surface area contributed by atoms with Crippen LogP contribution in [0.25, 0.3) is 0 Å². The summed E-state index contributed by atoms with van der Waals surface area (Å²) in [5.41, 5.74) is 6.70. The molecule has 0 unspecified atom stereocenters. The van der Waals surface area contributed by atoms with E-state index >= 15 is 0 Å². The van der Waals surface area contributed by atoms with E-state index in [0.717, 1.165) is 42.5 Å². The van der Waals surface area contributed by atoms with Gasteiger partial charge in [0.05, 0.1) is 17.2 Å². The Morgan fingerprint density at radius 2 is 2.30 bits per heavy atom. The van der Waals surface area contributed by atoms with Crippen molar-refractivity contribution in [2.24, 2.45) is 0 Å². The third-order valence-electron chi connectivity index (χ3n) is 3.17. The second kappa shape index (κ2) is 7.19. The minimum Gasteiger partial charge on any atom is -0.462 e. The number of nitrogens with one attached hydrogen (secondary N) is 1. The number of rotatable bonds is 4. The molecule has 0 amide bonds. The smallest absolute Gasteiger partial charge is 0.350 e. The number of thiophene rings is 1. The topological polar surface area (TPSA) is 67.6 Å². The van der Waals surface area contributed by atoms with E-state index in [2.05, 4.69) is 10.2 Å². The van der Waals surface area contributed by atoms with E-state index in [1.807, 2.05) is 6.26 Å². The summed E-state index contributed by atoms with van der Waals surface area (Å²) in [6, 6.07) is 0. The predicted octanol–water partition coefficient (Wildman–Crippen LogP) is 2.03. The SMILES string of the molecule is CCOC(=O)c1sc(N2CCCNCC2)c(SC)c1N. The van der Waals surface area contributed by atoms with Gasteiger partial charge < -0.3 is 20.7 Å². The number of thioether (sulfide) groups is 1. The van der Waals surface area contributed by atoms with Gasteiger partial charge in [-0.3, -0.25) is 0 Å². The van der Waals surface area contributed by atoms with E-state index in [0.29, 0.717) is 17.2 Å². The molecule has 1 aliphatic rings. The van der Waals surface area contributed by atoms with E-state index in [-0.39, 0.29) is 5.97 Å². The lowest BCUT2D eigenvalue weighted by Gasteiger charge is -2.21. The number of ether oxygens (including phenoxy) is 1. The van der Waals surface area contributed by atoms with Crippen LogP contribution in [-0.4, -0.2) is 45.0 Å². The molecule has 7 heteroatoms. The van der Waals surface area contributed by atoms with Crippen LogP contribution in [0, 0.1) is 0 Å². The van der Waals surface area contributed by atoms with Crippen molar-refractivity contribution in [2.75, 3.05) is 49.7 Å². The van der Waals surface area contributed by atoms with Gasteiger partial charge in [0.15, 0.2) is 0 Å². The fourth-order valence-electron chi connectivity index (χ4n) is 2.22. The highest BCUT2D eigenvalue weighted by molar-refractivity contribution is 7.99. The minimum absolute atomic E-state index is 0.315. The van der Waals surface area contributed by atoms with Crippen molar-refractivity contribution in [2.45, 2.75) is 18.2 Å². The van der Waals surface area contributed by atoms with Crippen LogP contribution in [0.4, 0.5) is 10.7 Å². The molecular weight excluding hydrogens is 294 g/mol. The molecule has 112 valence electrons. The molecule has 20 heavy (non-hydrogen) atoms. The molecule has 1 aromatic rings. The van der Waals surface area contributed by atoms with Gasteiger partial charge in [0.25, 0.3) is 0 Å². The number of hydrogen-bond acceptors (Lipinski definition) is 7. The van der Waals surface area contributed by atoms with E-state index < -0.39 is 0 Å². The van der Waals surface area contributed by atoms with Crippen LogP contribution in [0.2, 0.25) is 0 Å². The van der Waals surface area contributed by atoms with Gasteiger partial charge in [-0.1, -0.05) is 0 Å². The Hall–Kier alpha value is -0.920. The van der Waals surface area contributed by atoms with Gasteiger partial charge in [-0.05, 0) is 26.1 Å². The van der Waals surface area contributed by atoms with Crippen LogP contribution in [0.5, 0.6) is 0 Å². The summed E-state index contributed by atoms with van der Waals surface area (Å²) >= 11 is 3.05. The van der Waals surface area contributed by atoms with Crippen molar-refractivity contribution < 1.29 is 9.53 Å². The van der Waals surface area contributed by atoms with Crippen molar-refractivity contribution in [3.63, 3.8) is 0 Å². The third kappa shape index (κ3) is 3.21. The van der Waals surface area contributed by atoms with Crippen molar-refractivity contribution in [1.82, 2.24) is 5.32 Å². The lowest BCUT2D eigenvalue weighted by Crippen LogP contribution is -2.27. The van der Waals surface area contributed by atoms with Gasteiger partial charge in [0.1, 0.15) is 9.88 Å². The molecule has 0 bridgehead atoms. The molecule has 0 radical (unpaired) electrons. The average molecular weight is 315 g/mol. The number of carbonyl (C=O) groups is 1. The molecule has 1 fully saturated rings. The summed E-state index contributed by atoms with van der Waals surface area (Å²) in [6.45, 7) is 6.10. The summed E-state index contributed by atoms with van der Waals surface area (Å²) < 4.78 is 5.08. The quantitative estimate of drug-likeness (QED) is 0.654. The summed E-state index contributed by atoms with van der Waals surface area (Å²) in [6.07, 6.45) is 3.09. The van der Waals surface area contributed by atoms with Gasteiger partial charge in [0.2, 0.25) is 0 Å². The maximum atomic E-state index is 12.0. The summed E-state index contributed by atoms with van der Waals surface area (Å²) in [4.78, 5) is 15.8. The van der Waals surface area contributed by atoms with E-state index in [1.165, 1.54) is 11.3 Å². The molecule has 0 atom stereocenters. The number of carbonyl (C=O) groups excluding carboxylic acids is 1. The summed E-state index contributed by atoms with van der Waals surface area (Å²) in [5, 5.41) is 4.48. The van der Waals surface area contributed by atoms with Gasteiger partial charge in [0, 0.05) is 19.6 Å². The third-order valence-corrected chi connectivity index (χ3v) is 5.37. The second-order valence-corrected chi connectivity index (χ2v) is 6.31. The van der Waals surface area contributed by atoms with Crippen molar-refractivity contribution >= 4 is 39.8 Å². The number of nitrogens with zero attached hydrogens (tertiary/aromatic N) is 1. The Morgan fingerprint density at radius 1 is 1.50 bits per heavy atom. The van der Waals surface area contributed by atoms with Crippen LogP contribution in [0.1, 0.15) is 23.0 Å². The Labute approximate surface area is 127 Å². The molecule has 5 nitrogen and oxygen atoms in total. The molecule has 2 rings (SSSR count). The van der Waals surface area contributed by atoms with E-state index in [4.69, 9.17) is 10.5 Å². The van der Waals surface area contributed by atoms with Crippen molar-refractivity contribution in [3.8, 4) is 0 Å². The van der Waals surface area contributed by atoms with Crippen LogP contribution >= 0.6 is 23.1 Å². The average Bonchev–Trinajstić information content (AvgIpc) is 2.63. The fourth-order valence-corrected chi connectivity index (χ4v) is 4.35. The van der Waals surface area contributed by atoms with Crippen molar-refractivity contribution in [3.05, 3.63) is 4.88 Å². The highest BCUT2D eigenvalue weighted by Crippen LogP contribution is 2.44. The molecule has 3 N–H and O–H groups in total. The number of anilines is 2. The molecule has 0 spiro atoms. The molecule has 2 heterocycles. The number of nitrogen functional groups attached to an aromatic ring is 1. The first-order chi connectivity index (χ1) is 9.69. The monoisotopic (exact) mass is 315 g/mol. The van der Waals surface area contributed by atoms with Gasteiger partial charge >= 0.3 is 5.97 Å². The first kappa shape index (κ1) is 15.5. The van der Waals surface area contributed by atoms with Crippen LogP contribution in [-0.2, 0) is 4.74 Å². The van der Waals surface area contributed by atoms with Crippen LogP contribution in [0.3, 0.4) is 0 Å². The molecule has 1 aliphatic heterocycles. The molecule has 1 saturated heterocycles. The first-order valence-corrected chi connectivity index (χ1v) is 8.82. The second-order valence-electron chi connectivity index (χ2n) is 4.49. The standard InChI is InChI=1S/C13H21N3O2S2/c1-3-18-13(17)11-9(14)10(19-2)12(20-11)16-7-4-5-15-6-8-16/h15H,3-8,14H2,1-2H3. The lowest BCUT2D eigenvalue weighted by atomic mass is 10.3. The Kier molecular flexibility index (Phi) is 5.56. The highest BCUT2D eigenvalue weighted by atomic mass is 32.2. The van der Waals surface area contributed by atoms with Gasteiger partial charge in [-0.25, -0.2) is 4.79 Å². The van der Waals surface area contributed by atoms with Gasteiger partial charge in [-0.2, -0.15) is 0 Å². The maximum Gasteiger partial charge on any atom is 0.350 e. The lowest BCUT2D eigenvalue weighted by molar-refractivity contribution is 0.0533. The molecule has 0 aliphatic carbocycles. The summed E-state index contributed by atoms with van der Waals surface area (Å²) in [7, 11) is 0. The minimum atomic E-state index is -0.315. The van der Waals surface area contributed by atoms with Crippen LogP contribution in [0.15, 0.2) is 4.90 Å². The fraction of sp³-hybridized carbons (Fsp3) is 0.615. The highest BCUT2D eigenvalue weighted by Gasteiger charge is 2.25. The van der Waals surface area contributed by atoms with E-state index in [9.17, 15) is 4.79 Å². The molecule has 0 aromatic carbocycles. The normalized spacial score (nSPS) is 16.0. The van der Waals surface area contributed by atoms with Crippen LogP contribution < -0.4 is 16.0 Å². The Balaban J connectivity index is 2.31. The zero-order valence-corrected chi connectivity index (χ0v) is 13.5. The summed E-state index contributed by atoms with van der Waals surface area (Å²) in [5.74, 6) is -0.315.